The molecule has 0 heterocycles. The van der Waals surface area contributed by atoms with Crippen LogP contribution in [-0.2, 0) is 20.9 Å². The first-order valence-corrected chi connectivity index (χ1v) is 12.0. The maximum atomic E-state index is 12.6. The Balaban J connectivity index is 1.93. The van der Waals surface area contributed by atoms with E-state index in [1.807, 2.05) is 63.2 Å². The van der Waals surface area contributed by atoms with Gasteiger partial charge in [-0.05, 0) is 50.6 Å². The number of anilines is 1. The third kappa shape index (κ3) is 9.50. The zero-order valence-electron chi connectivity index (χ0n) is 19.8. The molecule has 2 aromatic rings. The molecule has 7 nitrogen and oxygen atoms in total. The summed E-state index contributed by atoms with van der Waals surface area (Å²) in [5, 5.41) is 2.83. The van der Waals surface area contributed by atoms with E-state index in [2.05, 4.69) is 5.32 Å². The van der Waals surface area contributed by atoms with E-state index in [4.69, 9.17) is 38.4 Å². The fourth-order valence-corrected chi connectivity index (χ4v) is 3.62. The molecule has 9 heteroatoms. The largest absolute Gasteiger partial charge is 0.488 e. The minimum absolute atomic E-state index is 0.307. The average Bonchev–Trinajstić information content (AvgIpc) is 2.79. The van der Waals surface area contributed by atoms with Crippen LogP contribution < -0.4 is 15.8 Å². The fraction of sp³-hybridized carbons (Fsp3) is 0.440. The van der Waals surface area contributed by atoms with E-state index < -0.39 is 16.5 Å². The lowest BCUT2D eigenvalue weighted by Gasteiger charge is -2.29. The number of carbonyl (C=O) groups excluding carboxylic acids is 2. The van der Waals surface area contributed by atoms with Crippen molar-refractivity contribution in [1.29, 1.82) is 0 Å². The predicted octanol–water partition coefficient (Wildman–Crippen LogP) is 4.37. The highest BCUT2D eigenvalue weighted by atomic mass is 35.5. The van der Waals surface area contributed by atoms with Gasteiger partial charge in [-0.2, -0.15) is 0 Å². The van der Waals surface area contributed by atoms with Gasteiger partial charge in [-0.1, -0.05) is 53.5 Å². The summed E-state index contributed by atoms with van der Waals surface area (Å²) < 4.78 is 11.3. The van der Waals surface area contributed by atoms with Crippen molar-refractivity contribution in [1.82, 2.24) is 4.90 Å². The molecule has 0 aliphatic rings. The second kappa shape index (κ2) is 13.5. The summed E-state index contributed by atoms with van der Waals surface area (Å²) in [4.78, 5) is 25.3. The predicted molar refractivity (Wildman–Crippen MR) is 136 cm³/mol. The van der Waals surface area contributed by atoms with E-state index in [0.29, 0.717) is 38.4 Å². The minimum atomic E-state index is -1.14. The van der Waals surface area contributed by atoms with E-state index in [1.54, 1.807) is 17.0 Å². The van der Waals surface area contributed by atoms with Gasteiger partial charge < -0.3 is 25.4 Å². The summed E-state index contributed by atoms with van der Waals surface area (Å²) in [6.07, 6.45) is 0.334. The van der Waals surface area contributed by atoms with Crippen LogP contribution in [0.25, 0.3) is 0 Å². The van der Waals surface area contributed by atoms with Gasteiger partial charge in [0, 0.05) is 31.8 Å². The molecule has 2 amide bonds. The van der Waals surface area contributed by atoms with Gasteiger partial charge in [-0.3, -0.25) is 9.59 Å². The van der Waals surface area contributed by atoms with E-state index in [-0.39, 0.29) is 11.8 Å². The Labute approximate surface area is 211 Å². The third-order valence-corrected chi connectivity index (χ3v) is 5.36. The highest BCUT2D eigenvalue weighted by Crippen LogP contribution is 2.22. The van der Waals surface area contributed by atoms with Crippen molar-refractivity contribution in [3.8, 4) is 5.75 Å². The van der Waals surface area contributed by atoms with Gasteiger partial charge in [0.05, 0.1) is 12.6 Å². The lowest BCUT2D eigenvalue weighted by atomic mass is 9.98. The molecule has 186 valence electrons. The van der Waals surface area contributed by atoms with Crippen LogP contribution in [0.1, 0.15) is 32.8 Å². The van der Waals surface area contributed by atoms with Crippen LogP contribution in [0.15, 0.2) is 54.6 Å². The fourth-order valence-electron chi connectivity index (χ4n) is 3.34. The molecular weight excluding hydrogens is 477 g/mol. The Morgan fingerprint density at radius 3 is 2.32 bits per heavy atom. The number of hydrogen-bond acceptors (Lipinski definition) is 5. The summed E-state index contributed by atoms with van der Waals surface area (Å²) >= 11 is 11.5. The number of rotatable bonds is 13. The van der Waals surface area contributed by atoms with Gasteiger partial charge in [-0.25, -0.2) is 0 Å². The molecule has 0 radical (unpaired) electrons. The first kappa shape index (κ1) is 27.9. The summed E-state index contributed by atoms with van der Waals surface area (Å²) in [5.74, 6) is 0.0315. The number of nitrogens with one attached hydrogen (secondary N) is 1. The topological polar surface area (TPSA) is 93.9 Å². The van der Waals surface area contributed by atoms with Gasteiger partial charge in [0.2, 0.25) is 5.91 Å². The molecule has 0 bridgehead atoms. The standard InChI is InChI=1S/C25H33Cl2N3O4/c1-4-33-15-14-30(24(32)22(26)27)17-18-10-12-19(13-11-18)29-23(31)21(28)16-25(2,3)34-20-8-6-5-7-9-20/h5-13,21-22H,4,14-17,28H2,1-3H3,(H,29,31)/t21-/m0/s1. The molecule has 34 heavy (non-hydrogen) atoms. The average molecular weight is 510 g/mol. The Kier molecular flexibility index (Phi) is 11.1. The smallest absolute Gasteiger partial charge is 0.256 e. The number of nitrogens with two attached hydrogens (primary N) is 1. The minimum Gasteiger partial charge on any atom is -0.488 e. The van der Waals surface area contributed by atoms with Gasteiger partial charge in [0.1, 0.15) is 11.4 Å². The molecule has 0 saturated carbocycles. The Morgan fingerprint density at radius 2 is 1.74 bits per heavy atom. The number of hydrogen-bond donors (Lipinski definition) is 2. The lowest BCUT2D eigenvalue weighted by Crippen LogP contribution is -2.43. The maximum Gasteiger partial charge on any atom is 0.256 e. The van der Waals surface area contributed by atoms with Crippen molar-refractivity contribution < 1.29 is 19.1 Å². The Hall–Kier alpha value is -2.32. The Morgan fingerprint density at radius 1 is 1.09 bits per heavy atom. The number of ether oxygens (including phenoxy) is 2. The highest BCUT2D eigenvalue weighted by Gasteiger charge is 2.27. The quantitative estimate of drug-likeness (QED) is 0.308. The summed E-state index contributed by atoms with van der Waals surface area (Å²) in [7, 11) is 0. The van der Waals surface area contributed by atoms with Gasteiger partial charge >= 0.3 is 0 Å². The molecule has 3 N–H and O–H groups in total. The molecule has 2 aromatic carbocycles. The highest BCUT2D eigenvalue weighted by molar-refractivity contribution is 6.53. The number of alkyl halides is 2. The van der Waals surface area contributed by atoms with Crippen LogP contribution in [-0.4, -0.2) is 53.0 Å². The zero-order valence-corrected chi connectivity index (χ0v) is 21.3. The molecule has 0 unspecified atom stereocenters. The molecule has 1 atom stereocenters. The van der Waals surface area contributed by atoms with Crippen LogP contribution in [0.4, 0.5) is 5.69 Å². The lowest BCUT2D eigenvalue weighted by molar-refractivity contribution is -0.130. The van der Waals surface area contributed by atoms with Gasteiger partial charge in [0.15, 0.2) is 4.84 Å². The van der Waals surface area contributed by atoms with Gasteiger partial charge in [-0.15, -0.1) is 0 Å². The summed E-state index contributed by atoms with van der Waals surface area (Å²) in [6, 6.07) is 15.8. The molecule has 0 fully saturated rings. The van der Waals surface area contributed by atoms with Crippen molar-refractivity contribution in [2.45, 2.75) is 50.2 Å². The molecule has 0 aliphatic carbocycles. The number of benzene rings is 2. The number of amides is 2. The molecule has 2 rings (SSSR count). The van der Waals surface area contributed by atoms with Crippen LogP contribution >= 0.6 is 23.2 Å². The Bertz CT molecular complexity index is 908. The molecule has 0 spiro atoms. The number of nitrogens with zero attached hydrogens (tertiary/aromatic N) is 1. The summed E-state index contributed by atoms with van der Waals surface area (Å²) in [6.45, 7) is 7.31. The first-order chi connectivity index (χ1) is 16.1. The van der Waals surface area contributed by atoms with E-state index in [0.717, 1.165) is 11.3 Å². The van der Waals surface area contributed by atoms with Crippen molar-refractivity contribution >= 4 is 40.7 Å². The second-order valence-corrected chi connectivity index (χ2v) is 9.53. The number of para-hydroxylation sites is 1. The van der Waals surface area contributed by atoms with E-state index >= 15 is 0 Å². The second-order valence-electron chi connectivity index (χ2n) is 8.43. The van der Waals surface area contributed by atoms with Crippen molar-refractivity contribution in [2.24, 2.45) is 5.73 Å². The SMILES string of the molecule is CCOCCN(Cc1ccc(NC(=O)[C@@H](N)CC(C)(C)Oc2ccccc2)cc1)C(=O)C(Cl)Cl. The third-order valence-electron chi connectivity index (χ3n) is 4.99. The molecular formula is C25H33Cl2N3O4. The van der Waals surface area contributed by atoms with Crippen molar-refractivity contribution in [2.75, 3.05) is 25.1 Å². The summed E-state index contributed by atoms with van der Waals surface area (Å²) in [5.41, 5.74) is 6.99. The van der Waals surface area contributed by atoms with Crippen LogP contribution in [0.2, 0.25) is 0 Å². The maximum absolute atomic E-state index is 12.6. The molecule has 0 aliphatic heterocycles. The van der Waals surface area contributed by atoms with E-state index in [1.165, 1.54) is 0 Å². The number of carbonyl (C=O) groups is 2. The van der Waals surface area contributed by atoms with Crippen LogP contribution in [0, 0.1) is 0 Å². The van der Waals surface area contributed by atoms with Gasteiger partial charge in [0.25, 0.3) is 5.91 Å². The normalized spacial score (nSPS) is 12.3. The van der Waals surface area contributed by atoms with Crippen molar-refractivity contribution in [3.63, 3.8) is 0 Å². The van der Waals surface area contributed by atoms with Crippen LogP contribution in [0.3, 0.4) is 0 Å². The molecule has 0 saturated heterocycles. The van der Waals surface area contributed by atoms with E-state index in [9.17, 15) is 9.59 Å². The van der Waals surface area contributed by atoms with Crippen LogP contribution in [0.5, 0.6) is 5.75 Å². The number of halogens is 2. The zero-order chi connectivity index (χ0) is 25.1. The monoisotopic (exact) mass is 509 g/mol. The molecule has 0 aromatic heterocycles. The first-order valence-electron chi connectivity index (χ1n) is 11.2. The van der Waals surface area contributed by atoms with Crippen molar-refractivity contribution in [3.05, 3.63) is 60.2 Å².